The van der Waals surface area contributed by atoms with E-state index in [1.54, 1.807) is 19.3 Å². The van der Waals surface area contributed by atoms with E-state index in [0.717, 1.165) is 22.0 Å². The molecule has 0 aliphatic carbocycles. The quantitative estimate of drug-likeness (QED) is 0.453. The van der Waals surface area contributed by atoms with Crippen molar-refractivity contribution in [1.82, 2.24) is 19.9 Å². The lowest BCUT2D eigenvalue weighted by molar-refractivity contribution is -0.155. The molecule has 2 aromatic heterocycles. The van der Waals surface area contributed by atoms with E-state index in [0.29, 0.717) is 17.2 Å². The van der Waals surface area contributed by atoms with Gasteiger partial charge in [0.25, 0.3) is 0 Å². The van der Waals surface area contributed by atoms with Crippen LogP contribution in [-0.4, -0.2) is 37.5 Å². The van der Waals surface area contributed by atoms with E-state index in [1.165, 1.54) is 6.33 Å². The van der Waals surface area contributed by atoms with Crippen molar-refractivity contribution in [3.63, 3.8) is 0 Å². The molecule has 0 radical (unpaired) electrons. The van der Waals surface area contributed by atoms with E-state index in [9.17, 15) is 4.79 Å². The van der Waals surface area contributed by atoms with E-state index in [1.807, 2.05) is 69.3 Å². The van der Waals surface area contributed by atoms with Gasteiger partial charge in [0.15, 0.2) is 5.82 Å². The predicted octanol–water partition coefficient (Wildman–Crippen LogP) is 4.90. The molecule has 0 amide bonds. The molecular weight excluding hydrogens is 402 g/mol. The summed E-state index contributed by atoms with van der Waals surface area (Å²) in [5, 5.41) is 4.09. The number of benzene rings is 2. The van der Waals surface area contributed by atoms with Gasteiger partial charge in [-0.15, -0.1) is 0 Å². The smallest absolute Gasteiger partial charge is 0.328 e. The number of nitrogens with zero attached hydrogens (tertiary/aromatic N) is 4. The summed E-state index contributed by atoms with van der Waals surface area (Å²) in [4.78, 5) is 30.3. The first-order valence-corrected chi connectivity index (χ1v) is 10.4. The highest BCUT2D eigenvalue weighted by atomic mass is 16.6. The Kier molecular flexibility index (Phi) is 5.81. The van der Waals surface area contributed by atoms with Crippen molar-refractivity contribution in [1.29, 1.82) is 0 Å². The third-order valence-corrected chi connectivity index (χ3v) is 4.74. The van der Waals surface area contributed by atoms with Crippen LogP contribution in [0.3, 0.4) is 0 Å². The lowest BCUT2D eigenvalue weighted by Gasteiger charge is -2.23. The first-order chi connectivity index (χ1) is 15.3. The number of nitrogens with one attached hydrogen (secondary N) is 1. The topological polar surface area (TPSA) is 89.9 Å². The summed E-state index contributed by atoms with van der Waals surface area (Å²) in [7, 11) is 0. The van der Waals surface area contributed by atoms with E-state index in [4.69, 9.17) is 14.7 Å². The zero-order valence-electron chi connectivity index (χ0n) is 18.5. The van der Waals surface area contributed by atoms with Crippen LogP contribution in [0.4, 0.5) is 5.82 Å². The normalized spacial score (nSPS) is 12.4. The SMILES string of the molecule is CC(Nc1nc(-c2cncnc2)nc2cccc(-c3ccccc3)c12)C(=O)OC(C)(C)C. The second-order valence-corrected chi connectivity index (χ2v) is 8.49. The van der Waals surface area contributed by atoms with Gasteiger partial charge in [-0.2, -0.15) is 0 Å². The fourth-order valence-corrected chi connectivity index (χ4v) is 3.34. The largest absolute Gasteiger partial charge is 0.458 e. The van der Waals surface area contributed by atoms with Gasteiger partial charge in [0.05, 0.1) is 16.5 Å². The van der Waals surface area contributed by atoms with Crippen molar-refractivity contribution < 1.29 is 9.53 Å². The molecule has 1 atom stereocenters. The first kappa shape index (κ1) is 21.4. The number of esters is 1. The average Bonchev–Trinajstić information content (AvgIpc) is 2.78. The number of carbonyl (C=O) groups excluding carboxylic acids is 1. The molecule has 1 unspecified atom stereocenters. The lowest BCUT2D eigenvalue weighted by atomic mass is 10.0. The van der Waals surface area contributed by atoms with Gasteiger partial charge in [-0.1, -0.05) is 42.5 Å². The Morgan fingerprint density at radius 1 is 0.938 bits per heavy atom. The number of hydrogen-bond donors (Lipinski definition) is 1. The maximum atomic E-state index is 12.7. The third-order valence-electron chi connectivity index (χ3n) is 4.74. The molecule has 32 heavy (non-hydrogen) atoms. The second-order valence-electron chi connectivity index (χ2n) is 8.49. The molecule has 0 saturated carbocycles. The van der Waals surface area contributed by atoms with Crippen LogP contribution in [0.2, 0.25) is 0 Å². The van der Waals surface area contributed by atoms with Gasteiger partial charge in [-0.3, -0.25) is 0 Å². The fourth-order valence-electron chi connectivity index (χ4n) is 3.34. The van der Waals surface area contributed by atoms with Crippen LogP contribution >= 0.6 is 0 Å². The summed E-state index contributed by atoms with van der Waals surface area (Å²) in [6.07, 6.45) is 4.79. The summed E-state index contributed by atoms with van der Waals surface area (Å²) in [5.41, 5.74) is 2.86. The molecule has 0 aliphatic heterocycles. The number of aromatic nitrogens is 4. The maximum absolute atomic E-state index is 12.7. The molecule has 2 heterocycles. The number of hydrogen-bond acceptors (Lipinski definition) is 7. The molecule has 0 bridgehead atoms. The molecule has 0 aliphatic rings. The molecule has 1 N–H and O–H groups in total. The maximum Gasteiger partial charge on any atom is 0.328 e. The molecule has 162 valence electrons. The highest BCUT2D eigenvalue weighted by molar-refractivity contribution is 6.03. The van der Waals surface area contributed by atoms with Crippen LogP contribution in [0.15, 0.2) is 67.3 Å². The molecule has 7 heteroatoms. The van der Waals surface area contributed by atoms with Crippen molar-refractivity contribution in [2.45, 2.75) is 39.3 Å². The summed E-state index contributed by atoms with van der Waals surface area (Å²) >= 11 is 0. The monoisotopic (exact) mass is 427 g/mol. The Labute approximate surface area is 186 Å². The van der Waals surface area contributed by atoms with E-state index in [2.05, 4.69) is 15.3 Å². The lowest BCUT2D eigenvalue weighted by Crippen LogP contribution is -2.34. The number of fused-ring (bicyclic) bond motifs is 1. The van der Waals surface area contributed by atoms with Gasteiger partial charge < -0.3 is 10.1 Å². The highest BCUT2D eigenvalue weighted by Crippen LogP contribution is 2.34. The standard InChI is InChI=1S/C25H25N5O2/c1-16(24(31)32-25(2,3)4)28-23-21-19(17-9-6-5-7-10-17)11-8-12-20(21)29-22(30-23)18-13-26-15-27-14-18/h5-16H,1-4H3,(H,28,29,30). The molecule has 4 aromatic rings. The van der Waals surface area contributed by atoms with Gasteiger partial charge in [0.2, 0.25) is 0 Å². The minimum absolute atomic E-state index is 0.356. The van der Waals surface area contributed by atoms with Crippen LogP contribution in [0.5, 0.6) is 0 Å². The summed E-state index contributed by atoms with van der Waals surface area (Å²) < 4.78 is 5.55. The fraction of sp³-hybridized carbons (Fsp3) is 0.240. The van der Waals surface area contributed by atoms with Gasteiger partial charge in [0, 0.05) is 12.4 Å². The first-order valence-electron chi connectivity index (χ1n) is 10.4. The minimum Gasteiger partial charge on any atom is -0.458 e. The van der Waals surface area contributed by atoms with Gasteiger partial charge >= 0.3 is 5.97 Å². The summed E-state index contributed by atoms with van der Waals surface area (Å²) in [6.45, 7) is 7.30. The number of carbonyl (C=O) groups is 1. The Bertz CT molecular complexity index is 1240. The van der Waals surface area contributed by atoms with E-state index < -0.39 is 11.6 Å². The Morgan fingerprint density at radius 2 is 1.66 bits per heavy atom. The van der Waals surface area contributed by atoms with Crippen molar-refractivity contribution in [2.75, 3.05) is 5.32 Å². The molecule has 0 spiro atoms. The van der Waals surface area contributed by atoms with Crippen LogP contribution in [-0.2, 0) is 9.53 Å². The zero-order valence-corrected chi connectivity index (χ0v) is 18.5. The highest BCUT2D eigenvalue weighted by Gasteiger charge is 2.24. The molecule has 2 aromatic carbocycles. The van der Waals surface area contributed by atoms with Crippen LogP contribution in [0.25, 0.3) is 33.4 Å². The number of rotatable bonds is 5. The Balaban J connectivity index is 1.86. The van der Waals surface area contributed by atoms with Crippen LogP contribution < -0.4 is 5.32 Å². The van der Waals surface area contributed by atoms with Crippen molar-refractivity contribution in [2.24, 2.45) is 0 Å². The van der Waals surface area contributed by atoms with Gasteiger partial charge in [-0.25, -0.2) is 24.7 Å². The third kappa shape index (κ3) is 4.72. The molecule has 0 saturated heterocycles. The van der Waals surface area contributed by atoms with Crippen molar-refractivity contribution >= 4 is 22.7 Å². The van der Waals surface area contributed by atoms with E-state index in [-0.39, 0.29) is 5.97 Å². The van der Waals surface area contributed by atoms with Gasteiger partial charge in [0.1, 0.15) is 23.8 Å². The summed E-state index contributed by atoms with van der Waals surface area (Å²) in [5.74, 6) is 0.667. The molecule has 7 nitrogen and oxygen atoms in total. The zero-order chi connectivity index (χ0) is 22.7. The molecule has 4 rings (SSSR count). The van der Waals surface area contributed by atoms with Crippen LogP contribution in [0.1, 0.15) is 27.7 Å². The minimum atomic E-state index is -0.615. The molecular formula is C25H25N5O2. The Hall–Kier alpha value is -3.87. The molecule has 0 fully saturated rings. The second kappa shape index (κ2) is 8.70. The van der Waals surface area contributed by atoms with E-state index >= 15 is 0 Å². The van der Waals surface area contributed by atoms with Gasteiger partial charge in [-0.05, 0) is 44.9 Å². The Morgan fingerprint density at radius 3 is 2.34 bits per heavy atom. The number of anilines is 1. The average molecular weight is 428 g/mol. The van der Waals surface area contributed by atoms with Crippen molar-refractivity contribution in [3.8, 4) is 22.5 Å². The number of ether oxygens (including phenoxy) is 1. The summed E-state index contributed by atoms with van der Waals surface area (Å²) in [6, 6.07) is 15.3. The van der Waals surface area contributed by atoms with Crippen molar-refractivity contribution in [3.05, 3.63) is 67.3 Å². The van der Waals surface area contributed by atoms with Crippen LogP contribution in [0, 0.1) is 0 Å². The predicted molar refractivity (Wildman–Crippen MR) is 125 cm³/mol.